The molecule has 2 aliphatic rings. The number of para-hydroxylation sites is 2. The topological polar surface area (TPSA) is 85.2 Å². The maximum absolute atomic E-state index is 13.0. The number of hydrogen-bond acceptors (Lipinski definition) is 6. The van der Waals surface area contributed by atoms with Crippen molar-refractivity contribution in [2.24, 2.45) is 0 Å². The molecule has 1 amide bonds. The van der Waals surface area contributed by atoms with E-state index in [2.05, 4.69) is 0 Å². The normalized spacial score (nSPS) is 16.3. The van der Waals surface area contributed by atoms with Crippen LogP contribution in [-0.4, -0.2) is 55.1 Å². The van der Waals surface area contributed by atoms with E-state index in [0.717, 1.165) is 6.42 Å². The minimum atomic E-state index is -0.382. The number of halogens is 1. The monoisotopic (exact) mass is 417 g/mol. The highest BCUT2D eigenvalue weighted by Gasteiger charge is 2.27. The molecule has 1 fully saturated rings. The van der Waals surface area contributed by atoms with Crippen LogP contribution in [0.4, 0.5) is 11.4 Å². The number of carbonyl (C=O) groups excluding carboxylic acids is 1. The van der Waals surface area contributed by atoms with Gasteiger partial charge in [0.05, 0.1) is 23.2 Å². The third kappa shape index (κ3) is 3.93. The summed E-state index contributed by atoms with van der Waals surface area (Å²) < 4.78 is 11.3. The van der Waals surface area contributed by atoms with Gasteiger partial charge in [0.25, 0.3) is 11.6 Å². The molecule has 1 saturated heterocycles. The maximum Gasteiger partial charge on any atom is 0.292 e. The van der Waals surface area contributed by atoms with Crippen LogP contribution in [0.25, 0.3) is 0 Å². The van der Waals surface area contributed by atoms with Crippen LogP contribution in [-0.2, 0) is 0 Å². The number of ether oxygens (including phenoxy) is 2. The number of nitro benzene ring substituents is 1. The van der Waals surface area contributed by atoms with Gasteiger partial charge >= 0.3 is 0 Å². The van der Waals surface area contributed by atoms with Gasteiger partial charge in [0, 0.05) is 44.2 Å². The van der Waals surface area contributed by atoms with Gasteiger partial charge in [-0.25, -0.2) is 0 Å². The highest BCUT2D eigenvalue weighted by molar-refractivity contribution is 6.32. The van der Waals surface area contributed by atoms with Crippen LogP contribution in [0.2, 0.25) is 5.02 Å². The lowest BCUT2D eigenvalue weighted by Gasteiger charge is -2.35. The van der Waals surface area contributed by atoms with Crippen molar-refractivity contribution >= 4 is 28.9 Å². The summed E-state index contributed by atoms with van der Waals surface area (Å²) in [5.41, 5.74) is 1.09. The summed E-state index contributed by atoms with van der Waals surface area (Å²) in [7, 11) is 0. The zero-order chi connectivity index (χ0) is 20.4. The minimum absolute atomic E-state index is 0.0713. The van der Waals surface area contributed by atoms with E-state index < -0.39 is 0 Å². The van der Waals surface area contributed by atoms with E-state index in [9.17, 15) is 14.9 Å². The molecule has 0 N–H and O–H groups in total. The number of hydrogen-bond donors (Lipinski definition) is 0. The third-order valence-electron chi connectivity index (χ3n) is 5.04. The Labute approximate surface area is 172 Å². The molecule has 4 rings (SSSR count). The number of piperazine rings is 1. The average Bonchev–Trinajstić information content (AvgIpc) is 2.99. The van der Waals surface area contributed by atoms with Gasteiger partial charge in [-0.1, -0.05) is 23.7 Å². The fraction of sp³-hybridized carbons (Fsp3) is 0.350. The predicted octanol–water partition coefficient (Wildman–Crippen LogP) is 3.37. The molecule has 0 aliphatic carbocycles. The van der Waals surface area contributed by atoms with Gasteiger partial charge < -0.3 is 19.3 Å². The van der Waals surface area contributed by atoms with Crippen molar-refractivity contribution in [2.75, 3.05) is 44.3 Å². The standard InChI is InChI=1S/C20H20ClN3O5/c21-15-12-14(13-18-19(15)29-11-3-10-28-18)20(25)23-8-6-22(7-9-23)16-4-1-2-5-17(16)24(26)27/h1-2,4-5,12-13H,3,6-11H2. The quantitative estimate of drug-likeness (QED) is 0.562. The second kappa shape index (κ2) is 8.16. The summed E-state index contributed by atoms with van der Waals surface area (Å²) in [6, 6.07) is 9.93. The highest BCUT2D eigenvalue weighted by atomic mass is 35.5. The van der Waals surface area contributed by atoms with Gasteiger partial charge in [-0.05, 0) is 18.2 Å². The minimum Gasteiger partial charge on any atom is -0.489 e. The van der Waals surface area contributed by atoms with Gasteiger partial charge in [-0.3, -0.25) is 14.9 Å². The molecule has 0 unspecified atom stereocenters. The summed E-state index contributed by atoms with van der Waals surface area (Å²) in [4.78, 5) is 27.5. The Bertz CT molecular complexity index is 944. The highest BCUT2D eigenvalue weighted by Crippen LogP contribution is 2.38. The number of nitrogens with zero attached hydrogens (tertiary/aromatic N) is 3. The zero-order valence-corrected chi connectivity index (χ0v) is 16.4. The molecule has 0 radical (unpaired) electrons. The molecule has 2 aromatic carbocycles. The van der Waals surface area contributed by atoms with E-state index in [1.54, 1.807) is 35.2 Å². The largest absolute Gasteiger partial charge is 0.489 e. The first-order valence-corrected chi connectivity index (χ1v) is 9.79. The number of rotatable bonds is 3. The van der Waals surface area contributed by atoms with Crippen molar-refractivity contribution in [3.05, 3.63) is 57.1 Å². The van der Waals surface area contributed by atoms with Gasteiger partial charge in [0.15, 0.2) is 11.5 Å². The van der Waals surface area contributed by atoms with Crippen LogP contribution in [0.15, 0.2) is 36.4 Å². The molecule has 152 valence electrons. The first-order valence-electron chi connectivity index (χ1n) is 9.41. The van der Waals surface area contributed by atoms with Gasteiger partial charge in [0.2, 0.25) is 0 Å². The van der Waals surface area contributed by atoms with E-state index in [1.165, 1.54) is 6.07 Å². The van der Waals surface area contributed by atoms with E-state index in [1.807, 2.05) is 4.90 Å². The second-order valence-corrected chi connectivity index (χ2v) is 7.27. The molecule has 2 heterocycles. The maximum atomic E-state index is 13.0. The summed E-state index contributed by atoms with van der Waals surface area (Å²) in [5, 5.41) is 11.6. The smallest absolute Gasteiger partial charge is 0.292 e. The molecule has 0 atom stereocenters. The van der Waals surface area contributed by atoms with Crippen LogP contribution in [0.3, 0.4) is 0 Å². The average molecular weight is 418 g/mol. The molecule has 0 bridgehead atoms. The lowest BCUT2D eigenvalue weighted by atomic mass is 10.1. The lowest BCUT2D eigenvalue weighted by molar-refractivity contribution is -0.384. The van der Waals surface area contributed by atoms with Gasteiger partial charge in [-0.2, -0.15) is 0 Å². The van der Waals surface area contributed by atoms with Crippen molar-refractivity contribution in [3.63, 3.8) is 0 Å². The van der Waals surface area contributed by atoms with Gasteiger partial charge in [-0.15, -0.1) is 0 Å². The van der Waals surface area contributed by atoms with E-state index >= 15 is 0 Å². The molecule has 0 saturated carbocycles. The first kappa shape index (κ1) is 19.3. The van der Waals surface area contributed by atoms with Crippen LogP contribution in [0, 0.1) is 10.1 Å². The summed E-state index contributed by atoms with van der Waals surface area (Å²) in [5.74, 6) is 0.809. The van der Waals surface area contributed by atoms with Crippen molar-refractivity contribution < 1.29 is 19.2 Å². The molecular weight excluding hydrogens is 398 g/mol. The number of benzene rings is 2. The van der Waals surface area contributed by atoms with Crippen molar-refractivity contribution in [1.29, 1.82) is 0 Å². The zero-order valence-electron chi connectivity index (χ0n) is 15.7. The Morgan fingerprint density at radius 2 is 1.79 bits per heavy atom. The number of fused-ring (bicyclic) bond motifs is 1. The summed E-state index contributed by atoms with van der Waals surface area (Å²) >= 11 is 6.31. The number of amides is 1. The third-order valence-corrected chi connectivity index (χ3v) is 5.32. The Kier molecular flexibility index (Phi) is 5.44. The van der Waals surface area contributed by atoms with E-state index in [0.29, 0.717) is 67.2 Å². The van der Waals surface area contributed by atoms with Gasteiger partial charge in [0.1, 0.15) is 5.69 Å². The number of nitro groups is 1. The van der Waals surface area contributed by atoms with E-state index in [4.69, 9.17) is 21.1 Å². The van der Waals surface area contributed by atoms with Crippen LogP contribution in [0.1, 0.15) is 16.8 Å². The second-order valence-electron chi connectivity index (χ2n) is 6.86. The SMILES string of the molecule is O=C(c1cc(Cl)c2c(c1)OCCCO2)N1CCN(c2ccccc2[N+](=O)[O-])CC1. The van der Waals surface area contributed by atoms with E-state index in [-0.39, 0.29) is 16.5 Å². The Morgan fingerprint density at radius 1 is 1.07 bits per heavy atom. The fourth-order valence-electron chi connectivity index (χ4n) is 3.57. The van der Waals surface area contributed by atoms with Crippen molar-refractivity contribution in [1.82, 2.24) is 4.90 Å². The Hall–Kier alpha value is -3.00. The summed E-state index contributed by atoms with van der Waals surface area (Å²) in [6.45, 7) is 2.96. The molecule has 0 aromatic heterocycles. The van der Waals surface area contributed by atoms with Crippen LogP contribution >= 0.6 is 11.6 Å². The lowest BCUT2D eigenvalue weighted by Crippen LogP contribution is -2.49. The molecule has 9 heteroatoms. The Balaban J connectivity index is 1.48. The Morgan fingerprint density at radius 3 is 2.55 bits per heavy atom. The molecule has 0 spiro atoms. The van der Waals surface area contributed by atoms with Crippen LogP contribution in [0.5, 0.6) is 11.5 Å². The van der Waals surface area contributed by atoms with Crippen molar-refractivity contribution in [3.8, 4) is 11.5 Å². The van der Waals surface area contributed by atoms with Crippen molar-refractivity contribution in [2.45, 2.75) is 6.42 Å². The molecule has 2 aliphatic heterocycles. The molecular formula is C20H20ClN3O5. The number of anilines is 1. The fourth-order valence-corrected chi connectivity index (χ4v) is 3.84. The summed E-state index contributed by atoms with van der Waals surface area (Å²) in [6.07, 6.45) is 0.752. The first-order chi connectivity index (χ1) is 14.0. The number of carbonyl (C=O) groups is 1. The predicted molar refractivity (Wildman–Crippen MR) is 108 cm³/mol. The van der Waals surface area contributed by atoms with Crippen LogP contribution < -0.4 is 14.4 Å². The molecule has 8 nitrogen and oxygen atoms in total. The molecule has 2 aromatic rings. The molecule has 29 heavy (non-hydrogen) atoms.